The van der Waals surface area contributed by atoms with Gasteiger partial charge in [-0.1, -0.05) is 13.3 Å². The molecule has 1 aromatic rings. The molecule has 0 unspecified atom stereocenters. The van der Waals surface area contributed by atoms with E-state index in [4.69, 9.17) is 5.73 Å². The fraction of sp³-hybridized carbons (Fsp3) is 0.714. The van der Waals surface area contributed by atoms with E-state index in [2.05, 4.69) is 22.2 Å². The van der Waals surface area contributed by atoms with E-state index in [1.165, 1.54) is 6.42 Å². The molecule has 0 atom stereocenters. The van der Waals surface area contributed by atoms with Gasteiger partial charge < -0.3 is 16.2 Å². The molecule has 1 fully saturated rings. The van der Waals surface area contributed by atoms with Gasteiger partial charge in [0.1, 0.15) is 5.82 Å². The summed E-state index contributed by atoms with van der Waals surface area (Å²) in [5.41, 5.74) is 5.83. The molecule has 1 heterocycles. The van der Waals surface area contributed by atoms with Crippen molar-refractivity contribution in [2.24, 2.45) is 5.92 Å². The van der Waals surface area contributed by atoms with Crippen LogP contribution in [0.5, 0.6) is 0 Å². The van der Waals surface area contributed by atoms with Crippen LogP contribution in [0.3, 0.4) is 0 Å². The SMILES string of the molecule is CCC1CCC(O)(CNc2cc(C)nc(N)n2)CC1. The summed E-state index contributed by atoms with van der Waals surface area (Å²) in [5, 5.41) is 13.7. The van der Waals surface area contributed by atoms with E-state index >= 15 is 0 Å². The summed E-state index contributed by atoms with van der Waals surface area (Å²) < 4.78 is 0. The Morgan fingerprint density at radius 2 is 2.11 bits per heavy atom. The van der Waals surface area contributed by atoms with Gasteiger partial charge in [0.25, 0.3) is 0 Å². The van der Waals surface area contributed by atoms with Crippen molar-refractivity contribution in [3.63, 3.8) is 0 Å². The van der Waals surface area contributed by atoms with E-state index in [0.29, 0.717) is 12.4 Å². The first-order valence-corrected chi connectivity index (χ1v) is 7.08. The quantitative estimate of drug-likeness (QED) is 0.775. The Labute approximate surface area is 114 Å². The molecule has 0 spiro atoms. The van der Waals surface area contributed by atoms with E-state index in [9.17, 15) is 5.11 Å². The second-order valence-electron chi connectivity index (χ2n) is 5.68. The van der Waals surface area contributed by atoms with Crippen LogP contribution in [-0.4, -0.2) is 27.2 Å². The molecule has 1 aromatic heterocycles. The number of anilines is 2. The minimum absolute atomic E-state index is 0.268. The van der Waals surface area contributed by atoms with E-state index < -0.39 is 5.60 Å². The minimum atomic E-state index is -0.612. The molecule has 1 aliphatic rings. The molecule has 5 heteroatoms. The van der Waals surface area contributed by atoms with Gasteiger partial charge in [-0.2, -0.15) is 4.98 Å². The summed E-state index contributed by atoms with van der Waals surface area (Å²) in [5.74, 6) is 1.73. The van der Waals surface area contributed by atoms with Gasteiger partial charge in [-0.25, -0.2) is 4.98 Å². The van der Waals surface area contributed by atoms with E-state index in [1.807, 2.05) is 13.0 Å². The number of hydrogen-bond donors (Lipinski definition) is 3. The first-order valence-electron chi connectivity index (χ1n) is 7.08. The number of nitrogen functional groups attached to an aromatic ring is 1. The normalized spacial score (nSPS) is 27.2. The number of nitrogens with two attached hydrogens (primary N) is 1. The van der Waals surface area contributed by atoms with Crippen LogP contribution in [0.1, 0.15) is 44.7 Å². The zero-order valence-corrected chi connectivity index (χ0v) is 11.8. The van der Waals surface area contributed by atoms with E-state index in [1.54, 1.807) is 0 Å². The lowest BCUT2D eigenvalue weighted by Gasteiger charge is -2.36. The van der Waals surface area contributed by atoms with Gasteiger partial charge in [-0.15, -0.1) is 0 Å². The summed E-state index contributed by atoms with van der Waals surface area (Å²) in [6.07, 6.45) is 5.15. The van der Waals surface area contributed by atoms with Crippen LogP contribution in [0.15, 0.2) is 6.07 Å². The molecule has 0 amide bonds. The van der Waals surface area contributed by atoms with Crippen LogP contribution in [0, 0.1) is 12.8 Å². The van der Waals surface area contributed by atoms with Gasteiger partial charge >= 0.3 is 0 Å². The third kappa shape index (κ3) is 3.80. The standard InChI is InChI=1S/C14H24N4O/c1-3-11-4-6-14(19,7-5-11)9-16-12-8-10(2)17-13(15)18-12/h8,11,19H,3-7,9H2,1-2H3,(H3,15,16,17,18). The number of aromatic nitrogens is 2. The van der Waals surface area contributed by atoms with Crippen molar-refractivity contribution < 1.29 is 5.11 Å². The molecule has 2 rings (SSSR count). The molecular weight excluding hydrogens is 240 g/mol. The fourth-order valence-corrected chi connectivity index (χ4v) is 2.74. The molecule has 0 radical (unpaired) electrons. The summed E-state index contributed by atoms with van der Waals surface area (Å²) in [6, 6.07) is 1.84. The highest BCUT2D eigenvalue weighted by atomic mass is 16.3. The molecule has 1 saturated carbocycles. The second kappa shape index (κ2) is 5.74. The van der Waals surface area contributed by atoms with Gasteiger partial charge in [0.15, 0.2) is 0 Å². The van der Waals surface area contributed by atoms with Crippen LogP contribution in [0.2, 0.25) is 0 Å². The van der Waals surface area contributed by atoms with Gasteiger partial charge in [0.2, 0.25) is 5.95 Å². The smallest absolute Gasteiger partial charge is 0.222 e. The number of rotatable bonds is 4. The zero-order chi connectivity index (χ0) is 13.9. The largest absolute Gasteiger partial charge is 0.388 e. The summed E-state index contributed by atoms with van der Waals surface area (Å²) in [6.45, 7) is 4.63. The van der Waals surface area contributed by atoms with Gasteiger partial charge in [-0.3, -0.25) is 0 Å². The average Bonchev–Trinajstić information content (AvgIpc) is 2.37. The van der Waals surface area contributed by atoms with Crippen molar-refractivity contribution in [2.45, 2.75) is 51.6 Å². The highest BCUT2D eigenvalue weighted by Crippen LogP contribution is 2.33. The maximum Gasteiger partial charge on any atom is 0.222 e. The highest BCUT2D eigenvalue weighted by molar-refractivity contribution is 5.40. The maximum atomic E-state index is 10.5. The highest BCUT2D eigenvalue weighted by Gasteiger charge is 2.32. The Morgan fingerprint density at radius 1 is 1.42 bits per heavy atom. The molecule has 0 aromatic carbocycles. The van der Waals surface area contributed by atoms with Crippen LogP contribution in [-0.2, 0) is 0 Å². The van der Waals surface area contributed by atoms with Gasteiger partial charge in [0.05, 0.1) is 5.60 Å². The molecule has 0 bridgehead atoms. The lowest BCUT2D eigenvalue weighted by Crippen LogP contribution is -2.40. The third-order valence-electron chi connectivity index (χ3n) is 4.08. The Morgan fingerprint density at radius 3 is 2.68 bits per heavy atom. The molecule has 0 saturated heterocycles. The molecule has 4 N–H and O–H groups in total. The predicted octanol–water partition coefficient (Wildman–Crippen LogP) is 2.11. The van der Waals surface area contributed by atoms with Crippen LogP contribution in [0.25, 0.3) is 0 Å². The van der Waals surface area contributed by atoms with Crippen LogP contribution in [0.4, 0.5) is 11.8 Å². The molecule has 5 nitrogen and oxygen atoms in total. The lowest BCUT2D eigenvalue weighted by atomic mass is 9.78. The number of aryl methyl sites for hydroxylation is 1. The minimum Gasteiger partial charge on any atom is -0.388 e. The van der Waals surface area contributed by atoms with Crippen molar-refractivity contribution >= 4 is 11.8 Å². The third-order valence-corrected chi connectivity index (χ3v) is 4.08. The molecule has 1 aliphatic carbocycles. The number of nitrogens with one attached hydrogen (secondary N) is 1. The van der Waals surface area contributed by atoms with Gasteiger partial charge in [-0.05, 0) is 38.5 Å². The van der Waals surface area contributed by atoms with E-state index in [0.717, 1.165) is 37.3 Å². The van der Waals surface area contributed by atoms with Crippen molar-refractivity contribution in [1.82, 2.24) is 9.97 Å². The van der Waals surface area contributed by atoms with Crippen molar-refractivity contribution in [2.75, 3.05) is 17.6 Å². The van der Waals surface area contributed by atoms with Crippen molar-refractivity contribution in [3.8, 4) is 0 Å². The average molecular weight is 264 g/mol. The predicted molar refractivity (Wildman–Crippen MR) is 76.9 cm³/mol. The monoisotopic (exact) mass is 264 g/mol. The Hall–Kier alpha value is -1.36. The van der Waals surface area contributed by atoms with E-state index in [-0.39, 0.29) is 5.95 Å². The number of aliphatic hydroxyl groups is 1. The molecule has 19 heavy (non-hydrogen) atoms. The molecular formula is C14H24N4O. The van der Waals surface area contributed by atoms with Crippen molar-refractivity contribution in [1.29, 1.82) is 0 Å². The zero-order valence-electron chi connectivity index (χ0n) is 11.8. The Kier molecular flexibility index (Phi) is 4.24. The molecule has 106 valence electrons. The van der Waals surface area contributed by atoms with Crippen molar-refractivity contribution in [3.05, 3.63) is 11.8 Å². The first-order chi connectivity index (χ1) is 9.00. The molecule has 0 aliphatic heterocycles. The number of hydrogen-bond acceptors (Lipinski definition) is 5. The summed E-state index contributed by atoms with van der Waals surface area (Å²) >= 11 is 0. The van der Waals surface area contributed by atoms with Crippen LogP contribution < -0.4 is 11.1 Å². The first kappa shape index (κ1) is 14.1. The Bertz CT molecular complexity index is 407. The second-order valence-corrected chi connectivity index (χ2v) is 5.68. The lowest BCUT2D eigenvalue weighted by molar-refractivity contribution is 0.00223. The summed E-state index contributed by atoms with van der Waals surface area (Å²) in [4.78, 5) is 8.16. The fourth-order valence-electron chi connectivity index (χ4n) is 2.74. The maximum absolute atomic E-state index is 10.5. The number of nitrogens with zero attached hydrogens (tertiary/aromatic N) is 2. The summed E-state index contributed by atoms with van der Waals surface area (Å²) in [7, 11) is 0. The van der Waals surface area contributed by atoms with Gasteiger partial charge in [0, 0.05) is 18.3 Å². The van der Waals surface area contributed by atoms with Crippen LogP contribution >= 0.6 is 0 Å². The topological polar surface area (TPSA) is 84.1 Å². The Balaban J connectivity index is 1.91.